The third-order valence-corrected chi connectivity index (χ3v) is 3.88. The Hall–Kier alpha value is -3.15. The number of nitrogens with zero attached hydrogens (tertiary/aromatic N) is 1. The molecule has 3 rings (SSSR count). The first-order valence-electron chi connectivity index (χ1n) is 7.80. The van der Waals surface area contributed by atoms with Gasteiger partial charge in [-0.15, -0.1) is 0 Å². The van der Waals surface area contributed by atoms with Crippen molar-refractivity contribution in [3.8, 4) is 11.3 Å². The third kappa shape index (κ3) is 4.03. The van der Waals surface area contributed by atoms with Crippen LogP contribution in [0.3, 0.4) is 0 Å². The fourth-order valence-electron chi connectivity index (χ4n) is 2.44. The molecule has 128 valence electrons. The molecular formula is C19H17FN2O3. The smallest absolute Gasteiger partial charge is 0.408 e. The van der Waals surface area contributed by atoms with Gasteiger partial charge in [-0.3, -0.25) is 9.36 Å². The summed E-state index contributed by atoms with van der Waals surface area (Å²) in [5, 5.41) is 2.78. The molecule has 1 amide bonds. The summed E-state index contributed by atoms with van der Waals surface area (Å²) < 4.78 is 19.3. The molecule has 2 aromatic carbocycles. The highest BCUT2D eigenvalue weighted by Gasteiger charge is 2.11. The van der Waals surface area contributed by atoms with E-state index in [0.717, 1.165) is 11.1 Å². The van der Waals surface area contributed by atoms with E-state index in [9.17, 15) is 14.0 Å². The van der Waals surface area contributed by atoms with E-state index >= 15 is 0 Å². The number of halogens is 1. The van der Waals surface area contributed by atoms with E-state index in [2.05, 4.69) is 5.32 Å². The highest BCUT2D eigenvalue weighted by molar-refractivity contribution is 5.75. The van der Waals surface area contributed by atoms with Crippen LogP contribution in [0.4, 0.5) is 4.39 Å². The predicted octanol–water partition coefficient (Wildman–Crippen LogP) is 2.87. The number of hydrogen-bond donors (Lipinski definition) is 1. The van der Waals surface area contributed by atoms with Gasteiger partial charge in [-0.1, -0.05) is 24.3 Å². The van der Waals surface area contributed by atoms with Crippen molar-refractivity contribution in [3.05, 3.63) is 82.2 Å². The Labute approximate surface area is 143 Å². The Morgan fingerprint density at radius 3 is 2.60 bits per heavy atom. The Morgan fingerprint density at radius 1 is 1.16 bits per heavy atom. The number of aryl methyl sites for hydroxylation is 1. The van der Waals surface area contributed by atoms with Crippen molar-refractivity contribution in [2.75, 3.05) is 0 Å². The molecule has 6 heteroatoms. The van der Waals surface area contributed by atoms with Crippen LogP contribution in [0.1, 0.15) is 11.1 Å². The number of benzene rings is 2. The van der Waals surface area contributed by atoms with Gasteiger partial charge in [-0.05, 0) is 42.3 Å². The van der Waals surface area contributed by atoms with Gasteiger partial charge in [0.2, 0.25) is 5.91 Å². The molecule has 0 saturated carbocycles. The van der Waals surface area contributed by atoms with Gasteiger partial charge < -0.3 is 9.73 Å². The first kappa shape index (κ1) is 16.7. The van der Waals surface area contributed by atoms with Crippen molar-refractivity contribution in [3.63, 3.8) is 0 Å². The molecular weight excluding hydrogens is 323 g/mol. The minimum absolute atomic E-state index is 0.143. The zero-order valence-electron chi connectivity index (χ0n) is 13.7. The second-order valence-corrected chi connectivity index (χ2v) is 5.70. The van der Waals surface area contributed by atoms with Crippen LogP contribution >= 0.6 is 0 Å². The Bertz CT molecular complexity index is 942. The highest BCUT2D eigenvalue weighted by Crippen LogP contribution is 2.18. The van der Waals surface area contributed by atoms with Crippen molar-refractivity contribution < 1.29 is 13.6 Å². The normalized spacial score (nSPS) is 10.6. The van der Waals surface area contributed by atoms with Gasteiger partial charge >= 0.3 is 5.76 Å². The van der Waals surface area contributed by atoms with Crippen LogP contribution in [0.15, 0.2) is 63.9 Å². The van der Waals surface area contributed by atoms with Crippen molar-refractivity contribution >= 4 is 5.91 Å². The van der Waals surface area contributed by atoms with Crippen LogP contribution in [0.2, 0.25) is 0 Å². The van der Waals surface area contributed by atoms with Gasteiger partial charge in [0.1, 0.15) is 12.4 Å². The number of oxazole rings is 1. The maximum absolute atomic E-state index is 13.0. The van der Waals surface area contributed by atoms with E-state index in [-0.39, 0.29) is 24.0 Å². The molecule has 25 heavy (non-hydrogen) atoms. The van der Waals surface area contributed by atoms with Gasteiger partial charge in [0.25, 0.3) is 0 Å². The fourth-order valence-corrected chi connectivity index (χ4v) is 2.44. The van der Waals surface area contributed by atoms with Gasteiger partial charge in [0, 0.05) is 12.1 Å². The summed E-state index contributed by atoms with van der Waals surface area (Å²) in [6, 6.07) is 13.3. The predicted molar refractivity (Wildman–Crippen MR) is 91.4 cm³/mol. The fraction of sp³-hybridized carbons (Fsp3) is 0.158. The number of aromatic nitrogens is 1. The standard InChI is InChI=1S/C19H17FN2O3/c1-13-4-2-3-5-15(13)10-21-18(23)12-22-11-17(25-19(22)24)14-6-8-16(20)9-7-14/h2-9,11H,10,12H2,1H3,(H,21,23). The molecule has 0 aliphatic rings. The number of carbonyl (C=O) groups excluding carboxylic acids is 1. The summed E-state index contributed by atoms with van der Waals surface area (Å²) in [6.45, 7) is 2.22. The Balaban J connectivity index is 1.66. The molecule has 0 aliphatic carbocycles. The number of rotatable bonds is 5. The monoisotopic (exact) mass is 340 g/mol. The summed E-state index contributed by atoms with van der Waals surface area (Å²) in [6.07, 6.45) is 1.45. The molecule has 1 aromatic heterocycles. The van der Waals surface area contributed by atoms with Crippen LogP contribution in [0, 0.1) is 12.7 Å². The number of nitrogens with one attached hydrogen (secondary N) is 1. The van der Waals surface area contributed by atoms with Crippen molar-refractivity contribution in [1.29, 1.82) is 0 Å². The molecule has 3 aromatic rings. The first-order chi connectivity index (χ1) is 12.0. The lowest BCUT2D eigenvalue weighted by atomic mass is 10.1. The number of carbonyl (C=O) groups is 1. The summed E-state index contributed by atoms with van der Waals surface area (Å²) in [7, 11) is 0. The van der Waals surface area contributed by atoms with Gasteiger partial charge in [-0.25, -0.2) is 9.18 Å². The average Bonchev–Trinajstić information content (AvgIpc) is 2.95. The van der Waals surface area contributed by atoms with E-state index in [0.29, 0.717) is 12.1 Å². The second-order valence-electron chi connectivity index (χ2n) is 5.70. The van der Waals surface area contributed by atoms with Crippen LogP contribution in [-0.2, 0) is 17.9 Å². The highest BCUT2D eigenvalue weighted by atomic mass is 19.1. The van der Waals surface area contributed by atoms with E-state index < -0.39 is 5.76 Å². The molecule has 0 unspecified atom stereocenters. The zero-order chi connectivity index (χ0) is 17.8. The van der Waals surface area contributed by atoms with Crippen LogP contribution in [-0.4, -0.2) is 10.5 Å². The summed E-state index contributed by atoms with van der Waals surface area (Å²) in [4.78, 5) is 24.0. The van der Waals surface area contributed by atoms with Crippen LogP contribution < -0.4 is 11.1 Å². The average molecular weight is 340 g/mol. The van der Waals surface area contributed by atoms with E-state index in [1.165, 1.54) is 35.0 Å². The Kier molecular flexibility index (Phi) is 4.79. The topological polar surface area (TPSA) is 64.2 Å². The minimum atomic E-state index is -0.634. The molecule has 0 saturated heterocycles. The van der Waals surface area contributed by atoms with Crippen molar-refractivity contribution in [1.82, 2.24) is 9.88 Å². The number of amides is 1. The quantitative estimate of drug-likeness (QED) is 0.777. The van der Waals surface area contributed by atoms with Gasteiger partial charge in [0.05, 0.1) is 6.20 Å². The van der Waals surface area contributed by atoms with E-state index in [1.54, 1.807) is 0 Å². The maximum Gasteiger partial charge on any atom is 0.419 e. The molecule has 5 nitrogen and oxygen atoms in total. The molecule has 1 N–H and O–H groups in total. The lowest BCUT2D eigenvalue weighted by Crippen LogP contribution is -2.30. The van der Waals surface area contributed by atoms with Gasteiger partial charge in [0.15, 0.2) is 5.76 Å². The van der Waals surface area contributed by atoms with Crippen LogP contribution in [0.5, 0.6) is 0 Å². The molecule has 0 bridgehead atoms. The van der Waals surface area contributed by atoms with E-state index in [1.807, 2.05) is 31.2 Å². The van der Waals surface area contributed by atoms with Gasteiger partial charge in [-0.2, -0.15) is 0 Å². The Morgan fingerprint density at radius 2 is 1.88 bits per heavy atom. The maximum atomic E-state index is 13.0. The van der Waals surface area contributed by atoms with Crippen molar-refractivity contribution in [2.45, 2.75) is 20.0 Å². The lowest BCUT2D eigenvalue weighted by molar-refractivity contribution is -0.121. The first-order valence-corrected chi connectivity index (χ1v) is 7.80. The largest absolute Gasteiger partial charge is 0.419 e. The molecule has 1 heterocycles. The number of hydrogen-bond acceptors (Lipinski definition) is 3. The van der Waals surface area contributed by atoms with Crippen molar-refractivity contribution in [2.24, 2.45) is 0 Å². The summed E-state index contributed by atoms with van der Waals surface area (Å²) in [5.41, 5.74) is 2.67. The zero-order valence-corrected chi connectivity index (χ0v) is 13.7. The SMILES string of the molecule is Cc1ccccc1CNC(=O)Cn1cc(-c2ccc(F)cc2)oc1=O. The molecule has 0 fully saturated rings. The second kappa shape index (κ2) is 7.17. The van der Waals surface area contributed by atoms with E-state index in [4.69, 9.17) is 4.42 Å². The molecule has 0 radical (unpaired) electrons. The third-order valence-electron chi connectivity index (χ3n) is 3.88. The molecule has 0 atom stereocenters. The summed E-state index contributed by atoms with van der Waals surface area (Å²) >= 11 is 0. The lowest BCUT2D eigenvalue weighted by Gasteiger charge is -2.07. The summed E-state index contributed by atoms with van der Waals surface area (Å²) in [5.74, 6) is -1.01. The van der Waals surface area contributed by atoms with Crippen LogP contribution in [0.25, 0.3) is 11.3 Å². The molecule has 0 aliphatic heterocycles. The molecule has 0 spiro atoms. The minimum Gasteiger partial charge on any atom is -0.408 e.